The predicted molar refractivity (Wildman–Crippen MR) is 179 cm³/mol. The molecule has 0 bridgehead atoms. The molecule has 41 heavy (non-hydrogen) atoms. The van der Waals surface area contributed by atoms with Crippen molar-refractivity contribution in [1.82, 2.24) is 4.90 Å². The van der Waals surface area contributed by atoms with Crippen LogP contribution in [0.1, 0.15) is 112 Å². The topological polar surface area (TPSA) is 58.6 Å². The zero-order valence-corrected chi connectivity index (χ0v) is 27.5. The van der Waals surface area contributed by atoms with Gasteiger partial charge in [-0.05, 0) is 36.4 Å². The second kappa shape index (κ2) is 20.6. The van der Waals surface area contributed by atoms with Gasteiger partial charge in [0.05, 0.1) is 24.5 Å². The number of ether oxygens (including phenoxy) is 1. The highest BCUT2D eigenvalue weighted by Crippen LogP contribution is 2.27. The van der Waals surface area contributed by atoms with E-state index in [4.69, 9.17) is 4.74 Å². The number of Topliss-reactive ketones (excluding diaryl/α,β-unsaturated/α-hetero) is 1. The Balaban J connectivity index is 0.00000588. The van der Waals surface area contributed by atoms with E-state index >= 15 is 0 Å². The van der Waals surface area contributed by atoms with E-state index in [-0.39, 0.29) is 35.1 Å². The largest absolute Gasteiger partial charge is 0.493 e. The third-order valence-electron chi connectivity index (χ3n) is 7.34. The lowest BCUT2D eigenvalue weighted by Gasteiger charge is -2.18. The Kier molecular flexibility index (Phi) is 17.6. The Morgan fingerprint density at radius 3 is 2.12 bits per heavy atom. The van der Waals surface area contributed by atoms with E-state index in [1.807, 2.05) is 36.4 Å². The maximum absolute atomic E-state index is 13.1. The molecule has 0 saturated carbocycles. The summed E-state index contributed by atoms with van der Waals surface area (Å²) >= 11 is 1.76. The fraction of sp³-hybridized carbons (Fsp3) is 0.529. The number of nitrogens with zero attached hydrogens (tertiary/aromatic N) is 1. The Morgan fingerprint density at radius 1 is 0.854 bits per heavy atom. The summed E-state index contributed by atoms with van der Waals surface area (Å²) < 4.78 is 6.17. The summed E-state index contributed by atoms with van der Waals surface area (Å²) in [5, 5.41) is 5.17. The van der Waals surface area contributed by atoms with Crippen molar-refractivity contribution in [3.05, 3.63) is 70.8 Å². The van der Waals surface area contributed by atoms with Crippen molar-refractivity contribution in [1.29, 1.82) is 0 Å². The van der Waals surface area contributed by atoms with Crippen LogP contribution in [-0.2, 0) is 17.8 Å². The molecule has 1 amide bonds. The standard InChI is InChI=1S/C34H48N2O3S.BrH/c1-3-4-5-6-7-8-9-10-11-12-13-16-23-39-34-29(19-17-20-31(34)28(2)37)25-33(38)35-32-21-15-14-18-30(32)26-36-22-24-40-27-36;/h14-15,17-22,24H,3-13,16,23,25-27H2,1-2H3,(H,35,38);1H. The van der Waals surface area contributed by atoms with Crippen molar-refractivity contribution in [2.75, 3.05) is 17.8 Å². The number of anilines is 1. The van der Waals surface area contributed by atoms with E-state index < -0.39 is 0 Å². The van der Waals surface area contributed by atoms with Gasteiger partial charge in [0.2, 0.25) is 5.91 Å². The molecule has 0 radical (unpaired) electrons. The van der Waals surface area contributed by atoms with Gasteiger partial charge in [-0.1, -0.05) is 108 Å². The van der Waals surface area contributed by atoms with Gasteiger partial charge in [0.15, 0.2) is 5.78 Å². The van der Waals surface area contributed by atoms with Gasteiger partial charge in [-0.2, -0.15) is 0 Å². The summed E-state index contributed by atoms with van der Waals surface area (Å²) in [4.78, 5) is 27.7. The molecule has 1 aliphatic rings. The Bertz CT molecular complexity index is 1090. The zero-order chi connectivity index (χ0) is 28.4. The number of rotatable bonds is 20. The molecule has 5 nitrogen and oxygen atoms in total. The molecule has 0 aliphatic carbocycles. The molecule has 0 aromatic heterocycles. The minimum atomic E-state index is -0.116. The van der Waals surface area contributed by atoms with Gasteiger partial charge in [0, 0.05) is 24.0 Å². The van der Waals surface area contributed by atoms with E-state index in [1.54, 1.807) is 24.8 Å². The van der Waals surface area contributed by atoms with Crippen LogP contribution in [0.25, 0.3) is 0 Å². The predicted octanol–water partition coefficient (Wildman–Crippen LogP) is 9.71. The van der Waals surface area contributed by atoms with Crippen LogP contribution < -0.4 is 10.1 Å². The van der Waals surface area contributed by atoms with Crippen LogP contribution in [0.4, 0.5) is 5.69 Å². The number of halogens is 1. The van der Waals surface area contributed by atoms with E-state index in [0.717, 1.165) is 42.1 Å². The molecule has 7 heteroatoms. The Labute approximate surface area is 262 Å². The average Bonchev–Trinajstić information content (AvgIpc) is 3.46. The van der Waals surface area contributed by atoms with Crippen LogP contribution in [0.5, 0.6) is 5.75 Å². The minimum Gasteiger partial charge on any atom is -0.493 e. The van der Waals surface area contributed by atoms with Crippen molar-refractivity contribution in [2.45, 2.75) is 104 Å². The third kappa shape index (κ3) is 13.1. The monoisotopic (exact) mass is 644 g/mol. The van der Waals surface area contributed by atoms with Crippen molar-refractivity contribution >= 4 is 46.1 Å². The highest BCUT2D eigenvalue weighted by molar-refractivity contribution is 8.93. The molecule has 0 spiro atoms. The zero-order valence-electron chi connectivity index (χ0n) is 25.0. The number of carbonyl (C=O) groups excluding carboxylic acids is 2. The van der Waals surface area contributed by atoms with Crippen LogP contribution in [0.2, 0.25) is 0 Å². The number of ketones is 1. The van der Waals surface area contributed by atoms with Gasteiger partial charge in [-0.15, -0.1) is 28.7 Å². The van der Waals surface area contributed by atoms with E-state index in [9.17, 15) is 9.59 Å². The Hall–Kier alpha value is -2.25. The van der Waals surface area contributed by atoms with Crippen LogP contribution in [-0.4, -0.2) is 29.1 Å². The van der Waals surface area contributed by atoms with Crippen molar-refractivity contribution in [3.63, 3.8) is 0 Å². The van der Waals surface area contributed by atoms with Crippen molar-refractivity contribution < 1.29 is 14.3 Å². The van der Waals surface area contributed by atoms with Crippen LogP contribution in [0.15, 0.2) is 54.1 Å². The molecule has 0 atom stereocenters. The summed E-state index contributed by atoms with van der Waals surface area (Å²) in [6, 6.07) is 13.4. The number of benzene rings is 2. The molecule has 1 N–H and O–H groups in total. The lowest BCUT2D eigenvalue weighted by Crippen LogP contribution is -2.19. The first-order chi connectivity index (χ1) is 19.6. The normalized spacial score (nSPS) is 12.3. The van der Waals surface area contributed by atoms with Gasteiger partial charge in [-0.25, -0.2) is 0 Å². The number of thioether (sulfide) groups is 1. The smallest absolute Gasteiger partial charge is 0.228 e. The van der Waals surface area contributed by atoms with E-state index in [0.29, 0.717) is 17.9 Å². The summed E-state index contributed by atoms with van der Waals surface area (Å²) in [6.45, 7) is 5.12. The number of hydrogen-bond acceptors (Lipinski definition) is 5. The van der Waals surface area contributed by atoms with E-state index in [1.165, 1.54) is 64.2 Å². The molecule has 226 valence electrons. The number of nitrogens with one attached hydrogen (secondary N) is 1. The molecule has 3 rings (SSSR count). The molecular formula is C34H49BrN2O3S. The van der Waals surface area contributed by atoms with Crippen molar-refractivity contribution in [3.8, 4) is 5.75 Å². The number of para-hydroxylation sites is 2. The summed E-state index contributed by atoms with van der Waals surface area (Å²) in [5.41, 5.74) is 3.19. The second-order valence-electron chi connectivity index (χ2n) is 10.8. The maximum atomic E-state index is 13.1. The molecular weight excluding hydrogens is 596 g/mol. The molecule has 2 aromatic rings. The number of amides is 1. The third-order valence-corrected chi connectivity index (χ3v) is 8.14. The number of unbranched alkanes of at least 4 members (excludes halogenated alkanes) is 11. The highest BCUT2D eigenvalue weighted by atomic mass is 79.9. The van der Waals surface area contributed by atoms with Crippen LogP contribution in [0.3, 0.4) is 0 Å². The minimum absolute atomic E-state index is 0. The summed E-state index contributed by atoms with van der Waals surface area (Å²) in [5.74, 6) is 1.31. The van der Waals surface area contributed by atoms with Gasteiger partial charge in [0.25, 0.3) is 0 Å². The van der Waals surface area contributed by atoms with Gasteiger partial charge in [-0.3, -0.25) is 9.59 Å². The first-order valence-electron chi connectivity index (χ1n) is 15.2. The maximum Gasteiger partial charge on any atom is 0.228 e. The molecule has 0 unspecified atom stereocenters. The molecule has 0 fully saturated rings. The number of carbonyl (C=O) groups is 2. The van der Waals surface area contributed by atoms with Gasteiger partial charge >= 0.3 is 0 Å². The first kappa shape index (κ1) is 34.9. The quantitative estimate of drug-likeness (QED) is 0.115. The average molecular weight is 646 g/mol. The second-order valence-corrected chi connectivity index (χ2v) is 11.7. The van der Waals surface area contributed by atoms with Crippen molar-refractivity contribution in [2.24, 2.45) is 0 Å². The first-order valence-corrected chi connectivity index (χ1v) is 16.3. The fourth-order valence-electron chi connectivity index (χ4n) is 5.06. The molecule has 1 aliphatic heterocycles. The highest BCUT2D eigenvalue weighted by Gasteiger charge is 2.17. The van der Waals surface area contributed by atoms with Gasteiger partial charge in [0.1, 0.15) is 5.75 Å². The van der Waals surface area contributed by atoms with Gasteiger partial charge < -0.3 is 15.0 Å². The molecule has 0 saturated heterocycles. The summed E-state index contributed by atoms with van der Waals surface area (Å²) in [7, 11) is 0. The van der Waals surface area contributed by atoms with E-state index in [2.05, 4.69) is 28.7 Å². The van der Waals surface area contributed by atoms with Crippen LogP contribution >= 0.6 is 28.7 Å². The van der Waals surface area contributed by atoms with Crippen LogP contribution in [0, 0.1) is 0 Å². The molecule has 1 heterocycles. The Morgan fingerprint density at radius 2 is 1.49 bits per heavy atom. The lowest BCUT2D eigenvalue weighted by atomic mass is 10.0. The summed E-state index contributed by atoms with van der Waals surface area (Å²) in [6.07, 6.45) is 17.7. The lowest BCUT2D eigenvalue weighted by molar-refractivity contribution is -0.115. The fourth-order valence-corrected chi connectivity index (χ4v) is 5.78. The SMILES string of the molecule is Br.CCCCCCCCCCCCCCOc1c(CC(=O)Nc2ccccc2CN2C=CSC2)cccc1C(C)=O. The molecule has 2 aromatic carbocycles. The number of hydrogen-bond donors (Lipinski definition) is 1.